The zero-order valence-electron chi connectivity index (χ0n) is 16.8. The van der Waals surface area contributed by atoms with Gasteiger partial charge in [0, 0.05) is 5.54 Å². The summed E-state index contributed by atoms with van der Waals surface area (Å²) in [5, 5.41) is 0. The van der Waals surface area contributed by atoms with Crippen molar-refractivity contribution in [2.45, 2.75) is 83.6 Å². The quantitative estimate of drug-likeness (QED) is 0.377. The van der Waals surface area contributed by atoms with E-state index < -0.39 is 13.4 Å². The third kappa shape index (κ3) is 7.67. The Labute approximate surface area is 163 Å². The first-order valence-corrected chi connectivity index (χ1v) is 11.8. The minimum absolute atomic E-state index is 0.132. The molecule has 1 aromatic carbocycles. The molecule has 0 saturated carbocycles. The normalized spacial score (nSPS) is 19.5. The van der Waals surface area contributed by atoms with E-state index in [4.69, 9.17) is 15.5 Å². The van der Waals surface area contributed by atoms with Crippen LogP contribution in [0.15, 0.2) is 18.2 Å². The van der Waals surface area contributed by atoms with E-state index in [-0.39, 0.29) is 12.5 Å². The van der Waals surface area contributed by atoms with Gasteiger partial charge in [-0.25, -0.2) is 4.57 Å². The molecule has 0 bridgehead atoms. The molecule has 1 aliphatic carbocycles. The zero-order valence-corrected chi connectivity index (χ0v) is 17.7. The molecule has 27 heavy (non-hydrogen) atoms. The predicted octanol–water partition coefficient (Wildman–Crippen LogP) is 4.52. The van der Waals surface area contributed by atoms with Crippen LogP contribution < -0.4 is 5.73 Å². The largest absolute Gasteiger partial charge is 0.469 e. The Morgan fingerprint density at radius 1 is 1.19 bits per heavy atom. The van der Waals surface area contributed by atoms with Gasteiger partial charge in [0.25, 0.3) is 0 Å². The number of phosphoric acid groups is 1. The highest BCUT2D eigenvalue weighted by Gasteiger charge is 2.35. The molecule has 154 valence electrons. The second-order valence-electron chi connectivity index (χ2n) is 8.33. The lowest BCUT2D eigenvalue weighted by molar-refractivity contribution is 0.121. The summed E-state index contributed by atoms with van der Waals surface area (Å²) < 4.78 is 15.6. The fraction of sp³-hybridized carbons (Fsp3) is 0.714. The summed E-state index contributed by atoms with van der Waals surface area (Å²) in [4.78, 5) is 17.9. The molecule has 0 heterocycles. The number of aryl methyl sites for hydroxylation is 2. The molecule has 0 radical (unpaired) electrons. The Morgan fingerprint density at radius 3 is 2.59 bits per heavy atom. The molecule has 0 aliphatic heterocycles. The first kappa shape index (κ1) is 22.6. The summed E-state index contributed by atoms with van der Waals surface area (Å²) in [5.74, 6) is 0.154. The minimum Gasteiger partial charge on any atom is -0.323 e. The van der Waals surface area contributed by atoms with E-state index in [1.165, 1.54) is 55.2 Å². The number of rotatable bonds is 11. The molecule has 5 nitrogen and oxygen atoms in total. The second kappa shape index (κ2) is 10.2. The Bertz CT molecular complexity index is 641. The molecular weight excluding hydrogens is 361 g/mol. The zero-order chi connectivity index (χ0) is 19.9. The lowest BCUT2D eigenvalue weighted by Crippen LogP contribution is -2.50. The Hall–Kier alpha value is -0.710. The number of phosphoric ester groups is 1. The third-order valence-corrected chi connectivity index (χ3v) is 6.26. The van der Waals surface area contributed by atoms with Crippen molar-refractivity contribution in [2.24, 2.45) is 11.7 Å². The summed E-state index contributed by atoms with van der Waals surface area (Å²) in [7, 11) is -4.49. The predicted molar refractivity (Wildman–Crippen MR) is 110 cm³/mol. The van der Waals surface area contributed by atoms with Crippen molar-refractivity contribution >= 4 is 7.82 Å². The van der Waals surface area contributed by atoms with E-state index in [2.05, 4.69) is 29.6 Å². The first-order valence-electron chi connectivity index (χ1n) is 10.3. The Morgan fingerprint density at radius 2 is 1.89 bits per heavy atom. The molecule has 6 heteroatoms. The Kier molecular flexibility index (Phi) is 8.51. The summed E-state index contributed by atoms with van der Waals surface area (Å²) in [5.41, 5.74) is 9.71. The molecule has 2 atom stereocenters. The van der Waals surface area contributed by atoms with Crippen LogP contribution in [0.4, 0.5) is 0 Å². The third-order valence-electron chi connectivity index (χ3n) is 5.79. The maximum atomic E-state index is 11.0. The van der Waals surface area contributed by atoms with Crippen LogP contribution in [0, 0.1) is 5.92 Å². The summed E-state index contributed by atoms with van der Waals surface area (Å²) in [6.07, 6.45) is 11.8. The monoisotopic (exact) mass is 397 g/mol. The number of hydrogen-bond acceptors (Lipinski definition) is 3. The van der Waals surface area contributed by atoms with E-state index >= 15 is 0 Å². The van der Waals surface area contributed by atoms with Gasteiger partial charge in [0.05, 0.1) is 6.61 Å². The van der Waals surface area contributed by atoms with Crippen LogP contribution in [0.25, 0.3) is 0 Å². The van der Waals surface area contributed by atoms with Crippen LogP contribution in [0.2, 0.25) is 0 Å². The number of fused-ring (bicyclic) bond motifs is 1. The average molecular weight is 397 g/mol. The van der Waals surface area contributed by atoms with E-state index in [0.717, 1.165) is 25.7 Å². The van der Waals surface area contributed by atoms with Gasteiger partial charge in [-0.3, -0.25) is 4.52 Å². The maximum absolute atomic E-state index is 11.0. The molecule has 0 aromatic heterocycles. The van der Waals surface area contributed by atoms with Crippen LogP contribution >= 0.6 is 7.82 Å². The topological polar surface area (TPSA) is 92.8 Å². The SMILES string of the molecule is CCCCCCCCc1ccc2c(c1)CCC([C@](C)(N)COP(=O)(O)O)C2. The van der Waals surface area contributed by atoms with Gasteiger partial charge in [-0.15, -0.1) is 0 Å². The van der Waals surface area contributed by atoms with Gasteiger partial charge in [0.2, 0.25) is 0 Å². The molecule has 4 N–H and O–H groups in total. The first-order chi connectivity index (χ1) is 12.7. The smallest absolute Gasteiger partial charge is 0.323 e. The second-order valence-corrected chi connectivity index (χ2v) is 9.57. The molecule has 0 saturated heterocycles. The lowest BCUT2D eigenvalue weighted by Gasteiger charge is -2.37. The van der Waals surface area contributed by atoms with E-state index in [0.29, 0.717) is 0 Å². The highest BCUT2D eigenvalue weighted by atomic mass is 31.2. The van der Waals surface area contributed by atoms with Crippen LogP contribution in [0.1, 0.15) is 75.5 Å². The number of hydrogen-bond donors (Lipinski definition) is 3. The molecule has 1 aliphatic rings. The van der Waals surface area contributed by atoms with E-state index in [9.17, 15) is 4.57 Å². The van der Waals surface area contributed by atoms with Crippen LogP contribution in [0.3, 0.4) is 0 Å². The van der Waals surface area contributed by atoms with Crippen LogP contribution in [-0.4, -0.2) is 21.9 Å². The number of nitrogens with two attached hydrogens (primary N) is 1. The summed E-state index contributed by atoms with van der Waals surface area (Å²) >= 11 is 0. The number of unbranched alkanes of at least 4 members (excludes halogenated alkanes) is 5. The highest BCUT2D eigenvalue weighted by molar-refractivity contribution is 7.46. The molecule has 1 unspecified atom stereocenters. The molecule has 2 rings (SSSR count). The van der Waals surface area contributed by atoms with Crippen molar-refractivity contribution < 1.29 is 18.9 Å². The van der Waals surface area contributed by atoms with Gasteiger partial charge in [-0.1, -0.05) is 57.2 Å². The molecule has 0 fully saturated rings. The van der Waals surface area contributed by atoms with Crippen molar-refractivity contribution in [3.05, 3.63) is 34.9 Å². The molecular formula is C21H36NO4P. The maximum Gasteiger partial charge on any atom is 0.469 e. The fourth-order valence-electron chi connectivity index (χ4n) is 3.98. The van der Waals surface area contributed by atoms with Crippen LogP contribution in [0.5, 0.6) is 0 Å². The van der Waals surface area contributed by atoms with Crippen LogP contribution in [-0.2, 0) is 28.4 Å². The van der Waals surface area contributed by atoms with Crippen molar-refractivity contribution in [2.75, 3.05) is 6.61 Å². The van der Waals surface area contributed by atoms with Crippen molar-refractivity contribution in [3.63, 3.8) is 0 Å². The van der Waals surface area contributed by atoms with Gasteiger partial charge in [-0.2, -0.15) is 0 Å². The van der Waals surface area contributed by atoms with Gasteiger partial charge in [-0.05, 0) is 61.6 Å². The van der Waals surface area contributed by atoms with Crippen molar-refractivity contribution in [3.8, 4) is 0 Å². The molecule has 1 aromatic rings. The van der Waals surface area contributed by atoms with Gasteiger partial charge in [0.1, 0.15) is 0 Å². The van der Waals surface area contributed by atoms with Gasteiger partial charge >= 0.3 is 7.82 Å². The number of benzene rings is 1. The fourth-order valence-corrected chi connectivity index (χ4v) is 4.42. The van der Waals surface area contributed by atoms with E-state index in [1.807, 2.05) is 6.92 Å². The molecule has 0 amide bonds. The highest BCUT2D eigenvalue weighted by Crippen LogP contribution is 2.39. The summed E-state index contributed by atoms with van der Waals surface area (Å²) in [6.45, 7) is 3.94. The minimum atomic E-state index is -4.49. The average Bonchev–Trinajstić information content (AvgIpc) is 2.62. The Balaban J connectivity index is 1.86. The molecule has 0 spiro atoms. The lowest BCUT2D eigenvalue weighted by atomic mass is 9.74. The van der Waals surface area contributed by atoms with Gasteiger partial charge in [0.15, 0.2) is 0 Å². The van der Waals surface area contributed by atoms with Gasteiger partial charge < -0.3 is 15.5 Å². The van der Waals surface area contributed by atoms with Crippen molar-refractivity contribution in [1.29, 1.82) is 0 Å². The summed E-state index contributed by atoms with van der Waals surface area (Å²) in [6, 6.07) is 6.79. The standard InChI is InChI=1S/C21H36NO4P/c1-3-4-5-6-7-8-9-17-10-11-19-15-20(13-12-18(19)14-17)21(2,22)16-26-27(23,24)25/h10-11,14,20H,3-9,12-13,15-16,22H2,1-2H3,(H2,23,24,25)/t20?,21-/m1/s1. The van der Waals surface area contributed by atoms with E-state index in [1.54, 1.807) is 0 Å². The van der Waals surface area contributed by atoms with Crippen molar-refractivity contribution in [1.82, 2.24) is 0 Å².